The van der Waals surface area contributed by atoms with Crippen molar-refractivity contribution in [3.8, 4) is 0 Å². The van der Waals surface area contributed by atoms with Gasteiger partial charge in [-0.1, -0.05) is 6.07 Å². The Labute approximate surface area is 108 Å². The smallest absolute Gasteiger partial charge is 0.293 e. The molecule has 0 N–H and O–H groups in total. The lowest BCUT2D eigenvalue weighted by Gasteiger charge is -1.99. The monoisotopic (exact) mass is 267 g/mol. The molecule has 0 saturated heterocycles. The highest BCUT2D eigenvalue weighted by Gasteiger charge is 2.19. The third-order valence-corrected chi connectivity index (χ3v) is 3.52. The normalized spacial score (nSPS) is 10.8. The molecular formula is C12H10ClNO2S. The summed E-state index contributed by atoms with van der Waals surface area (Å²) in [5, 5.41) is -0.198. The van der Waals surface area contributed by atoms with Gasteiger partial charge in [0, 0.05) is 29.0 Å². The Balaban J connectivity index is 2.68. The minimum absolute atomic E-state index is 0.357. The number of Topliss-reactive ketones (excluding diaryl/α,β-unsaturated/α-hetero) is 1. The molecule has 17 heavy (non-hydrogen) atoms. The van der Waals surface area contributed by atoms with E-state index in [0.717, 1.165) is 15.8 Å². The van der Waals surface area contributed by atoms with Gasteiger partial charge in [-0.05, 0) is 30.0 Å². The first-order valence-electron chi connectivity index (χ1n) is 4.92. The van der Waals surface area contributed by atoms with Gasteiger partial charge >= 0.3 is 0 Å². The SMILES string of the molecule is CSc1ccc2c(C(=O)C(=O)Cl)cn(C)c2c1. The molecule has 88 valence electrons. The summed E-state index contributed by atoms with van der Waals surface area (Å²) in [7, 11) is 1.84. The molecule has 0 unspecified atom stereocenters. The minimum atomic E-state index is -0.952. The number of nitrogens with zero attached hydrogens (tertiary/aromatic N) is 1. The average molecular weight is 268 g/mol. The Morgan fingerprint density at radius 3 is 2.65 bits per heavy atom. The first-order chi connectivity index (χ1) is 8.04. The highest BCUT2D eigenvalue weighted by Crippen LogP contribution is 2.26. The van der Waals surface area contributed by atoms with Crippen LogP contribution in [0.1, 0.15) is 10.4 Å². The lowest BCUT2D eigenvalue weighted by Crippen LogP contribution is -2.06. The topological polar surface area (TPSA) is 39.1 Å². The summed E-state index contributed by atoms with van der Waals surface area (Å²) in [5.74, 6) is -0.658. The Hall–Kier alpha value is -1.26. The molecule has 0 spiro atoms. The summed E-state index contributed by atoms with van der Waals surface area (Å²) in [6.07, 6.45) is 3.62. The predicted octanol–water partition coefficient (Wildman–Crippen LogP) is 2.85. The van der Waals surface area contributed by atoms with E-state index in [0.29, 0.717) is 5.56 Å². The van der Waals surface area contributed by atoms with E-state index in [2.05, 4.69) is 0 Å². The second-order valence-corrected chi connectivity index (χ2v) is 4.86. The van der Waals surface area contributed by atoms with Gasteiger partial charge in [-0.25, -0.2) is 0 Å². The van der Waals surface area contributed by atoms with Crippen LogP contribution in [0.25, 0.3) is 10.9 Å². The van der Waals surface area contributed by atoms with Crippen LogP contribution in [0.5, 0.6) is 0 Å². The molecule has 0 aliphatic rings. The van der Waals surface area contributed by atoms with E-state index in [1.807, 2.05) is 36.1 Å². The summed E-state index contributed by atoms with van der Waals surface area (Å²) in [4.78, 5) is 23.7. The summed E-state index contributed by atoms with van der Waals surface area (Å²) in [6.45, 7) is 0. The van der Waals surface area contributed by atoms with Crippen molar-refractivity contribution in [1.82, 2.24) is 4.57 Å². The van der Waals surface area contributed by atoms with Crippen LogP contribution in [0.4, 0.5) is 0 Å². The maximum atomic E-state index is 11.6. The van der Waals surface area contributed by atoms with Gasteiger partial charge in [0.15, 0.2) is 0 Å². The van der Waals surface area contributed by atoms with E-state index in [1.165, 1.54) is 0 Å². The number of hydrogen-bond acceptors (Lipinski definition) is 3. The van der Waals surface area contributed by atoms with Crippen LogP contribution in [0.2, 0.25) is 0 Å². The van der Waals surface area contributed by atoms with Crippen molar-refractivity contribution in [3.63, 3.8) is 0 Å². The van der Waals surface area contributed by atoms with E-state index in [9.17, 15) is 9.59 Å². The van der Waals surface area contributed by atoms with Gasteiger partial charge in [-0.3, -0.25) is 9.59 Å². The second kappa shape index (κ2) is 4.55. The number of ketones is 1. The van der Waals surface area contributed by atoms with Crippen LogP contribution < -0.4 is 0 Å². The molecular weight excluding hydrogens is 258 g/mol. The zero-order chi connectivity index (χ0) is 12.6. The van der Waals surface area contributed by atoms with Gasteiger partial charge in [0.1, 0.15) is 0 Å². The molecule has 2 aromatic rings. The molecule has 3 nitrogen and oxygen atoms in total. The van der Waals surface area contributed by atoms with Crippen molar-refractivity contribution in [3.05, 3.63) is 30.0 Å². The molecule has 2 rings (SSSR count). The number of hydrogen-bond donors (Lipinski definition) is 0. The standard InChI is InChI=1S/C12H10ClNO2S/c1-14-6-9(11(15)12(13)16)8-4-3-7(17-2)5-10(8)14/h3-6H,1-2H3. The number of benzene rings is 1. The Morgan fingerprint density at radius 2 is 2.06 bits per heavy atom. The quantitative estimate of drug-likeness (QED) is 0.372. The predicted molar refractivity (Wildman–Crippen MR) is 69.9 cm³/mol. The number of carbonyl (C=O) groups is 2. The molecule has 0 saturated carbocycles. The Bertz CT molecular complexity index is 618. The molecule has 0 radical (unpaired) electrons. The van der Waals surface area contributed by atoms with Crippen LogP contribution in [-0.2, 0) is 11.8 Å². The van der Waals surface area contributed by atoms with Crippen LogP contribution in [-0.4, -0.2) is 21.8 Å². The largest absolute Gasteiger partial charge is 0.350 e. The number of fused-ring (bicyclic) bond motifs is 1. The fourth-order valence-electron chi connectivity index (χ4n) is 1.78. The van der Waals surface area contributed by atoms with Crippen molar-refractivity contribution in [1.29, 1.82) is 0 Å². The average Bonchev–Trinajstić information content (AvgIpc) is 2.65. The number of halogens is 1. The van der Waals surface area contributed by atoms with E-state index in [1.54, 1.807) is 18.0 Å². The number of aromatic nitrogens is 1. The van der Waals surface area contributed by atoms with E-state index in [-0.39, 0.29) is 0 Å². The summed E-state index contributed by atoms with van der Waals surface area (Å²) < 4.78 is 1.82. The Kier molecular flexibility index (Phi) is 3.26. The summed E-state index contributed by atoms with van der Waals surface area (Å²) >= 11 is 6.85. The highest BCUT2D eigenvalue weighted by molar-refractivity contribution is 7.98. The lowest BCUT2D eigenvalue weighted by atomic mass is 10.1. The zero-order valence-electron chi connectivity index (χ0n) is 9.36. The molecule has 0 aliphatic carbocycles. The van der Waals surface area contributed by atoms with Gasteiger partial charge in [-0.2, -0.15) is 0 Å². The van der Waals surface area contributed by atoms with E-state index in [4.69, 9.17) is 11.6 Å². The van der Waals surface area contributed by atoms with Crippen molar-refractivity contribution in [2.45, 2.75) is 4.90 Å². The lowest BCUT2D eigenvalue weighted by molar-refractivity contribution is -0.108. The molecule has 1 aromatic carbocycles. The van der Waals surface area contributed by atoms with Crippen molar-refractivity contribution < 1.29 is 9.59 Å². The third-order valence-electron chi connectivity index (χ3n) is 2.62. The summed E-state index contributed by atoms with van der Waals surface area (Å²) in [5.41, 5.74) is 1.27. The fraction of sp³-hybridized carbons (Fsp3) is 0.167. The second-order valence-electron chi connectivity index (χ2n) is 3.64. The Morgan fingerprint density at radius 1 is 1.35 bits per heavy atom. The molecule has 5 heteroatoms. The van der Waals surface area contributed by atoms with E-state index < -0.39 is 11.0 Å². The molecule has 0 atom stereocenters. The number of carbonyl (C=O) groups excluding carboxylic acids is 2. The van der Waals surface area contributed by atoms with Gasteiger partial charge in [0.25, 0.3) is 5.24 Å². The zero-order valence-corrected chi connectivity index (χ0v) is 10.9. The first kappa shape index (κ1) is 12.2. The van der Waals surface area contributed by atoms with Gasteiger partial charge in [-0.15, -0.1) is 11.8 Å². The van der Waals surface area contributed by atoms with Crippen molar-refractivity contribution in [2.75, 3.05) is 6.26 Å². The van der Waals surface area contributed by atoms with Crippen LogP contribution in [0.15, 0.2) is 29.3 Å². The molecule has 1 aromatic heterocycles. The van der Waals surface area contributed by atoms with Crippen molar-refractivity contribution in [2.24, 2.45) is 7.05 Å². The van der Waals surface area contributed by atoms with Crippen molar-refractivity contribution >= 4 is 45.3 Å². The molecule has 0 bridgehead atoms. The van der Waals surface area contributed by atoms with Gasteiger partial charge < -0.3 is 4.57 Å². The maximum Gasteiger partial charge on any atom is 0.293 e. The highest BCUT2D eigenvalue weighted by atomic mass is 35.5. The third kappa shape index (κ3) is 2.10. The minimum Gasteiger partial charge on any atom is -0.350 e. The van der Waals surface area contributed by atoms with Crippen LogP contribution >= 0.6 is 23.4 Å². The molecule has 0 aliphatic heterocycles. The molecule has 1 heterocycles. The molecule has 0 amide bonds. The van der Waals surface area contributed by atoms with E-state index >= 15 is 0 Å². The number of aryl methyl sites for hydroxylation is 1. The van der Waals surface area contributed by atoms with Gasteiger partial charge in [0.05, 0.1) is 5.56 Å². The fourth-order valence-corrected chi connectivity index (χ4v) is 2.31. The van der Waals surface area contributed by atoms with Gasteiger partial charge in [0.2, 0.25) is 5.78 Å². The maximum absolute atomic E-state index is 11.6. The number of rotatable bonds is 3. The van der Waals surface area contributed by atoms with Crippen LogP contribution in [0, 0.1) is 0 Å². The molecule has 0 fully saturated rings. The number of thioether (sulfide) groups is 1. The summed E-state index contributed by atoms with van der Waals surface area (Å²) in [6, 6.07) is 5.74. The van der Waals surface area contributed by atoms with Crippen LogP contribution in [0.3, 0.4) is 0 Å². The first-order valence-corrected chi connectivity index (χ1v) is 6.52.